The SMILES string of the molecule is Cc1cc(C)cc(C(c2ccccn2)N2CCC(C(=O)O)CC2)c1. The zero-order valence-electron chi connectivity index (χ0n) is 14.3. The van der Waals surface area contributed by atoms with Gasteiger partial charge in [0.2, 0.25) is 0 Å². The van der Waals surface area contributed by atoms with Crippen molar-refractivity contribution in [3.05, 3.63) is 65.0 Å². The molecule has 0 saturated carbocycles. The minimum atomic E-state index is -0.671. The molecule has 3 rings (SSSR count). The second-order valence-corrected chi connectivity index (χ2v) is 6.73. The number of nitrogens with zero attached hydrogens (tertiary/aromatic N) is 2. The molecule has 1 aromatic carbocycles. The van der Waals surface area contributed by atoms with E-state index in [0.717, 1.165) is 18.8 Å². The first-order valence-corrected chi connectivity index (χ1v) is 8.50. The van der Waals surface area contributed by atoms with Gasteiger partial charge in [-0.3, -0.25) is 14.7 Å². The molecule has 1 atom stereocenters. The van der Waals surface area contributed by atoms with Crippen LogP contribution in [0.1, 0.15) is 41.3 Å². The van der Waals surface area contributed by atoms with Crippen LogP contribution in [0.5, 0.6) is 0 Å². The summed E-state index contributed by atoms with van der Waals surface area (Å²) in [5.74, 6) is -0.889. The zero-order chi connectivity index (χ0) is 17.1. The number of piperidine rings is 1. The molecule has 0 bridgehead atoms. The highest BCUT2D eigenvalue weighted by molar-refractivity contribution is 5.70. The van der Waals surface area contributed by atoms with Gasteiger partial charge in [-0.2, -0.15) is 0 Å². The molecule has 1 fully saturated rings. The highest BCUT2D eigenvalue weighted by Crippen LogP contribution is 2.32. The molecule has 1 unspecified atom stereocenters. The smallest absolute Gasteiger partial charge is 0.306 e. The van der Waals surface area contributed by atoms with Crippen LogP contribution in [0.2, 0.25) is 0 Å². The number of rotatable bonds is 4. The maximum Gasteiger partial charge on any atom is 0.306 e. The van der Waals surface area contributed by atoms with Crippen LogP contribution in [0.15, 0.2) is 42.6 Å². The van der Waals surface area contributed by atoms with Gasteiger partial charge in [-0.15, -0.1) is 0 Å². The summed E-state index contributed by atoms with van der Waals surface area (Å²) in [6.07, 6.45) is 3.22. The lowest BCUT2D eigenvalue weighted by Crippen LogP contribution is -2.39. The van der Waals surface area contributed by atoms with Gasteiger partial charge >= 0.3 is 5.97 Å². The first-order valence-electron chi connectivity index (χ1n) is 8.50. The average Bonchev–Trinajstić information content (AvgIpc) is 2.56. The van der Waals surface area contributed by atoms with Crippen molar-refractivity contribution in [2.24, 2.45) is 5.92 Å². The van der Waals surface area contributed by atoms with Crippen LogP contribution in [0.25, 0.3) is 0 Å². The Kier molecular flexibility index (Phi) is 4.95. The quantitative estimate of drug-likeness (QED) is 0.934. The lowest BCUT2D eigenvalue weighted by atomic mass is 9.92. The van der Waals surface area contributed by atoms with E-state index in [1.54, 1.807) is 0 Å². The van der Waals surface area contributed by atoms with Gasteiger partial charge in [-0.25, -0.2) is 0 Å². The Bertz CT molecular complexity index is 687. The van der Waals surface area contributed by atoms with E-state index in [-0.39, 0.29) is 12.0 Å². The molecular weight excluding hydrogens is 300 g/mol. The maximum atomic E-state index is 11.2. The number of aromatic nitrogens is 1. The number of pyridine rings is 1. The van der Waals surface area contributed by atoms with Gasteiger partial charge in [-0.05, 0) is 57.5 Å². The van der Waals surface area contributed by atoms with E-state index in [1.807, 2.05) is 18.3 Å². The van der Waals surface area contributed by atoms with Gasteiger partial charge in [0, 0.05) is 6.20 Å². The van der Waals surface area contributed by atoms with Crippen molar-refractivity contribution in [1.82, 2.24) is 9.88 Å². The topological polar surface area (TPSA) is 53.4 Å². The molecular formula is C20H24N2O2. The number of benzene rings is 1. The highest BCUT2D eigenvalue weighted by Gasteiger charge is 2.30. The summed E-state index contributed by atoms with van der Waals surface area (Å²) in [4.78, 5) is 18.2. The lowest BCUT2D eigenvalue weighted by molar-refractivity contribution is -0.143. The maximum absolute atomic E-state index is 11.2. The fourth-order valence-electron chi connectivity index (χ4n) is 3.68. The monoisotopic (exact) mass is 324 g/mol. The Labute approximate surface area is 143 Å². The minimum absolute atomic E-state index is 0.0829. The second-order valence-electron chi connectivity index (χ2n) is 6.73. The molecule has 1 aliphatic heterocycles. The van der Waals surface area contributed by atoms with E-state index in [1.165, 1.54) is 16.7 Å². The first-order chi connectivity index (χ1) is 11.5. The minimum Gasteiger partial charge on any atom is -0.481 e. The highest BCUT2D eigenvalue weighted by atomic mass is 16.4. The Hall–Kier alpha value is -2.20. The summed E-state index contributed by atoms with van der Waals surface area (Å²) in [5, 5.41) is 9.24. The van der Waals surface area contributed by atoms with Crippen molar-refractivity contribution in [3.8, 4) is 0 Å². The van der Waals surface area contributed by atoms with Crippen LogP contribution in [0, 0.1) is 19.8 Å². The Morgan fingerprint density at radius 1 is 1.17 bits per heavy atom. The van der Waals surface area contributed by atoms with Gasteiger partial charge < -0.3 is 5.11 Å². The van der Waals surface area contributed by atoms with E-state index in [2.05, 4.69) is 48.0 Å². The van der Waals surface area contributed by atoms with E-state index < -0.39 is 5.97 Å². The number of carboxylic acids is 1. The van der Waals surface area contributed by atoms with Gasteiger partial charge in [0.05, 0.1) is 17.7 Å². The Morgan fingerprint density at radius 3 is 2.38 bits per heavy atom. The molecule has 0 aliphatic carbocycles. The molecule has 2 heterocycles. The molecule has 0 amide bonds. The predicted octanol–water partition coefficient (Wildman–Crippen LogP) is 3.58. The largest absolute Gasteiger partial charge is 0.481 e. The third kappa shape index (κ3) is 3.65. The fourth-order valence-corrected chi connectivity index (χ4v) is 3.68. The third-order valence-electron chi connectivity index (χ3n) is 4.77. The Balaban J connectivity index is 1.93. The molecule has 0 radical (unpaired) electrons. The summed E-state index contributed by atoms with van der Waals surface area (Å²) in [5.41, 5.74) is 4.74. The molecule has 1 aliphatic rings. The van der Waals surface area contributed by atoms with Gasteiger partial charge in [0.25, 0.3) is 0 Å². The van der Waals surface area contributed by atoms with Crippen LogP contribution in [-0.4, -0.2) is 34.0 Å². The number of hydrogen-bond acceptors (Lipinski definition) is 3. The Morgan fingerprint density at radius 2 is 1.83 bits per heavy atom. The molecule has 4 nitrogen and oxygen atoms in total. The van der Waals surface area contributed by atoms with E-state index in [9.17, 15) is 9.90 Å². The van der Waals surface area contributed by atoms with Crippen molar-refractivity contribution in [2.75, 3.05) is 13.1 Å². The van der Waals surface area contributed by atoms with Crippen LogP contribution in [-0.2, 0) is 4.79 Å². The standard InChI is InChI=1S/C20H24N2O2/c1-14-11-15(2)13-17(12-14)19(18-5-3-4-8-21-18)22-9-6-16(7-10-22)20(23)24/h3-5,8,11-13,16,19H,6-7,9-10H2,1-2H3,(H,23,24). The number of aliphatic carboxylic acids is 1. The molecule has 2 aromatic rings. The van der Waals surface area contributed by atoms with E-state index >= 15 is 0 Å². The summed E-state index contributed by atoms with van der Waals surface area (Å²) in [6, 6.07) is 12.7. The van der Waals surface area contributed by atoms with Crippen LogP contribution in [0.4, 0.5) is 0 Å². The molecule has 1 N–H and O–H groups in total. The van der Waals surface area contributed by atoms with Crippen LogP contribution >= 0.6 is 0 Å². The molecule has 0 spiro atoms. The van der Waals surface area contributed by atoms with Gasteiger partial charge in [0.15, 0.2) is 0 Å². The van der Waals surface area contributed by atoms with Crippen molar-refractivity contribution < 1.29 is 9.90 Å². The normalized spacial score (nSPS) is 17.6. The lowest BCUT2D eigenvalue weighted by Gasteiger charge is -2.36. The van der Waals surface area contributed by atoms with Crippen molar-refractivity contribution in [2.45, 2.75) is 32.7 Å². The average molecular weight is 324 g/mol. The summed E-state index contributed by atoms with van der Waals surface area (Å²) in [6.45, 7) is 5.79. The number of likely N-dealkylation sites (tertiary alicyclic amines) is 1. The first kappa shape index (κ1) is 16.7. The van der Waals surface area contributed by atoms with Crippen molar-refractivity contribution >= 4 is 5.97 Å². The second kappa shape index (κ2) is 7.14. The third-order valence-corrected chi connectivity index (χ3v) is 4.77. The molecule has 1 aromatic heterocycles. The molecule has 4 heteroatoms. The number of aryl methyl sites for hydroxylation is 2. The molecule has 1 saturated heterocycles. The number of hydrogen-bond donors (Lipinski definition) is 1. The number of carbonyl (C=O) groups is 1. The van der Waals surface area contributed by atoms with Crippen LogP contribution < -0.4 is 0 Å². The van der Waals surface area contributed by atoms with E-state index in [0.29, 0.717) is 12.8 Å². The summed E-state index contributed by atoms with van der Waals surface area (Å²) >= 11 is 0. The van der Waals surface area contributed by atoms with Gasteiger partial charge in [0.1, 0.15) is 0 Å². The van der Waals surface area contributed by atoms with Crippen molar-refractivity contribution in [3.63, 3.8) is 0 Å². The fraction of sp³-hybridized carbons (Fsp3) is 0.400. The number of carboxylic acid groups (broad SMARTS) is 1. The predicted molar refractivity (Wildman–Crippen MR) is 93.9 cm³/mol. The molecule has 126 valence electrons. The van der Waals surface area contributed by atoms with Crippen molar-refractivity contribution in [1.29, 1.82) is 0 Å². The summed E-state index contributed by atoms with van der Waals surface area (Å²) in [7, 11) is 0. The summed E-state index contributed by atoms with van der Waals surface area (Å²) < 4.78 is 0. The molecule has 24 heavy (non-hydrogen) atoms. The zero-order valence-corrected chi connectivity index (χ0v) is 14.3. The van der Waals surface area contributed by atoms with E-state index in [4.69, 9.17) is 0 Å². The van der Waals surface area contributed by atoms with Crippen LogP contribution in [0.3, 0.4) is 0 Å². The van der Waals surface area contributed by atoms with Gasteiger partial charge in [-0.1, -0.05) is 35.4 Å².